The summed E-state index contributed by atoms with van der Waals surface area (Å²) in [5.41, 5.74) is 0.452. The van der Waals surface area contributed by atoms with Gasteiger partial charge in [0.2, 0.25) is 5.82 Å². The Balaban J connectivity index is 1.89. The van der Waals surface area contributed by atoms with Crippen molar-refractivity contribution in [1.82, 2.24) is 14.1 Å². The van der Waals surface area contributed by atoms with E-state index in [-0.39, 0.29) is 12.1 Å². The Morgan fingerprint density at radius 1 is 1.41 bits per heavy atom. The molecule has 0 radical (unpaired) electrons. The van der Waals surface area contributed by atoms with Gasteiger partial charge in [-0.1, -0.05) is 5.16 Å². The third-order valence-electron chi connectivity index (χ3n) is 3.09. The van der Waals surface area contributed by atoms with E-state index in [0.717, 1.165) is 30.6 Å². The summed E-state index contributed by atoms with van der Waals surface area (Å²) in [6.45, 7) is 9.65. The molecule has 2 heterocycles. The van der Waals surface area contributed by atoms with Gasteiger partial charge in [-0.05, 0) is 20.8 Å². The molecule has 0 aromatic carbocycles. The van der Waals surface area contributed by atoms with Gasteiger partial charge in [-0.2, -0.15) is 4.37 Å². The van der Waals surface area contributed by atoms with E-state index in [9.17, 15) is 0 Å². The van der Waals surface area contributed by atoms with Gasteiger partial charge in [0.25, 0.3) is 5.88 Å². The first kappa shape index (κ1) is 16.9. The van der Waals surface area contributed by atoms with E-state index in [0.29, 0.717) is 31.4 Å². The summed E-state index contributed by atoms with van der Waals surface area (Å²) in [6, 6.07) is 0. The zero-order valence-electron chi connectivity index (χ0n) is 13.2. The molecule has 1 fully saturated rings. The van der Waals surface area contributed by atoms with Crippen molar-refractivity contribution in [3.8, 4) is 5.88 Å². The van der Waals surface area contributed by atoms with Crippen molar-refractivity contribution >= 4 is 23.3 Å². The molecular formula is C13H23N5O3S. The van der Waals surface area contributed by atoms with Crippen molar-refractivity contribution in [3.05, 3.63) is 0 Å². The van der Waals surface area contributed by atoms with Crippen LogP contribution in [0.5, 0.6) is 5.88 Å². The third-order valence-corrected chi connectivity index (χ3v) is 3.59. The average molecular weight is 329 g/mol. The van der Waals surface area contributed by atoms with Crippen molar-refractivity contribution < 1.29 is 14.7 Å². The van der Waals surface area contributed by atoms with Gasteiger partial charge in [-0.25, -0.2) is 0 Å². The standard InChI is InChI=1S/C13H23N5O3S/c1-13(2,3)14-8-10(15-19)9-21-12-11(16-22-17-12)18-4-6-20-7-5-18/h14,19H,4-9H2,1-3H3/b15-10-. The Morgan fingerprint density at radius 3 is 2.77 bits per heavy atom. The van der Waals surface area contributed by atoms with E-state index >= 15 is 0 Å². The van der Waals surface area contributed by atoms with Crippen LogP contribution in [0.1, 0.15) is 20.8 Å². The molecule has 1 aliphatic rings. The van der Waals surface area contributed by atoms with Crippen LogP contribution in [-0.4, -0.2) is 64.7 Å². The first-order chi connectivity index (χ1) is 10.5. The third kappa shape index (κ3) is 5.08. The lowest BCUT2D eigenvalue weighted by molar-refractivity contribution is 0.122. The minimum atomic E-state index is -0.0584. The number of rotatable bonds is 6. The number of hydrogen-bond acceptors (Lipinski definition) is 9. The van der Waals surface area contributed by atoms with E-state index in [4.69, 9.17) is 14.7 Å². The predicted molar refractivity (Wildman–Crippen MR) is 85.4 cm³/mol. The van der Waals surface area contributed by atoms with Gasteiger partial charge in [0.1, 0.15) is 12.3 Å². The lowest BCUT2D eigenvalue weighted by Crippen LogP contribution is -2.40. The normalized spacial score (nSPS) is 16.9. The summed E-state index contributed by atoms with van der Waals surface area (Å²) in [7, 11) is 0. The molecule has 0 aliphatic carbocycles. The number of nitrogens with one attached hydrogen (secondary N) is 1. The van der Waals surface area contributed by atoms with Crippen LogP contribution in [0.3, 0.4) is 0 Å². The highest BCUT2D eigenvalue weighted by molar-refractivity contribution is 6.99. The number of ether oxygens (including phenoxy) is 2. The summed E-state index contributed by atoms with van der Waals surface area (Å²) in [4.78, 5) is 2.09. The van der Waals surface area contributed by atoms with Crippen LogP contribution in [0.25, 0.3) is 0 Å². The summed E-state index contributed by atoms with van der Waals surface area (Å²) >= 11 is 1.11. The fourth-order valence-corrected chi connectivity index (χ4v) is 2.39. The average Bonchev–Trinajstić information content (AvgIpc) is 2.96. The van der Waals surface area contributed by atoms with E-state index in [2.05, 4.69) is 24.1 Å². The molecule has 0 saturated carbocycles. The maximum Gasteiger partial charge on any atom is 0.271 e. The molecule has 1 aliphatic heterocycles. The molecule has 2 N–H and O–H groups in total. The Bertz CT molecular complexity index is 494. The lowest BCUT2D eigenvalue weighted by Gasteiger charge is -2.26. The number of nitrogens with zero attached hydrogens (tertiary/aromatic N) is 4. The highest BCUT2D eigenvalue weighted by Gasteiger charge is 2.20. The van der Waals surface area contributed by atoms with Gasteiger partial charge < -0.3 is 24.9 Å². The van der Waals surface area contributed by atoms with Crippen molar-refractivity contribution in [1.29, 1.82) is 0 Å². The minimum absolute atomic E-state index is 0.0584. The van der Waals surface area contributed by atoms with Gasteiger partial charge in [0, 0.05) is 25.2 Å². The van der Waals surface area contributed by atoms with Crippen molar-refractivity contribution in [2.45, 2.75) is 26.3 Å². The van der Waals surface area contributed by atoms with E-state index in [1.165, 1.54) is 0 Å². The first-order valence-electron chi connectivity index (χ1n) is 7.22. The van der Waals surface area contributed by atoms with Crippen molar-refractivity contribution in [2.24, 2.45) is 5.16 Å². The predicted octanol–water partition coefficient (Wildman–Crippen LogP) is 0.972. The van der Waals surface area contributed by atoms with E-state index in [1.807, 2.05) is 20.8 Å². The van der Waals surface area contributed by atoms with Crippen molar-refractivity contribution in [2.75, 3.05) is 44.4 Å². The second kappa shape index (κ2) is 7.70. The van der Waals surface area contributed by atoms with Crippen LogP contribution in [-0.2, 0) is 4.74 Å². The Kier molecular flexibility index (Phi) is 5.92. The van der Waals surface area contributed by atoms with Crippen LogP contribution >= 0.6 is 11.7 Å². The molecule has 22 heavy (non-hydrogen) atoms. The maximum absolute atomic E-state index is 9.08. The van der Waals surface area contributed by atoms with E-state index < -0.39 is 0 Å². The first-order valence-corrected chi connectivity index (χ1v) is 7.95. The Hall–Kier alpha value is -1.45. The zero-order chi connectivity index (χ0) is 16.0. The quantitative estimate of drug-likeness (QED) is 0.456. The molecule has 8 nitrogen and oxygen atoms in total. The largest absolute Gasteiger partial charge is 0.468 e. The van der Waals surface area contributed by atoms with Crippen LogP contribution in [0.15, 0.2) is 5.16 Å². The molecule has 0 unspecified atom stereocenters. The summed E-state index contributed by atoms with van der Waals surface area (Å²) < 4.78 is 19.5. The Labute approximate surface area is 134 Å². The molecule has 9 heteroatoms. The van der Waals surface area contributed by atoms with E-state index in [1.54, 1.807) is 0 Å². The molecule has 1 aromatic heterocycles. The zero-order valence-corrected chi connectivity index (χ0v) is 14.0. The monoisotopic (exact) mass is 329 g/mol. The van der Waals surface area contributed by atoms with Gasteiger partial charge in [0.15, 0.2) is 0 Å². The number of hydrogen-bond donors (Lipinski definition) is 2. The molecule has 1 aromatic rings. The second-order valence-corrected chi connectivity index (χ2v) is 6.58. The molecule has 0 amide bonds. The number of morpholine rings is 1. The molecular weight excluding hydrogens is 306 g/mol. The summed E-state index contributed by atoms with van der Waals surface area (Å²) in [6.07, 6.45) is 0. The van der Waals surface area contributed by atoms with Gasteiger partial charge in [-0.15, -0.1) is 4.37 Å². The highest BCUT2D eigenvalue weighted by Crippen LogP contribution is 2.26. The molecule has 0 atom stereocenters. The molecule has 2 rings (SSSR count). The van der Waals surface area contributed by atoms with Crippen molar-refractivity contribution in [3.63, 3.8) is 0 Å². The summed E-state index contributed by atoms with van der Waals surface area (Å²) in [5, 5.41) is 15.6. The topological polar surface area (TPSA) is 92.1 Å². The Morgan fingerprint density at radius 2 is 2.14 bits per heavy atom. The molecule has 0 spiro atoms. The number of aromatic nitrogens is 2. The van der Waals surface area contributed by atoms with Crippen LogP contribution < -0.4 is 15.0 Å². The lowest BCUT2D eigenvalue weighted by atomic mass is 10.1. The highest BCUT2D eigenvalue weighted by atomic mass is 32.1. The SMILES string of the molecule is CC(C)(C)NC/C(COc1nsnc1N1CCOCC1)=N/O. The fourth-order valence-electron chi connectivity index (χ4n) is 1.87. The smallest absolute Gasteiger partial charge is 0.271 e. The molecule has 124 valence electrons. The van der Waals surface area contributed by atoms with Gasteiger partial charge in [0.05, 0.1) is 24.9 Å². The second-order valence-electron chi connectivity index (χ2n) is 6.05. The number of oxime groups is 1. The minimum Gasteiger partial charge on any atom is -0.468 e. The summed E-state index contributed by atoms with van der Waals surface area (Å²) in [5.74, 6) is 1.21. The maximum atomic E-state index is 9.08. The number of anilines is 1. The molecule has 0 bridgehead atoms. The van der Waals surface area contributed by atoms with Gasteiger partial charge in [-0.3, -0.25) is 0 Å². The van der Waals surface area contributed by atoms with Crippen LogP contribution in [0.2, 0.25) is 0 Å². The molecule has 1 saturated heterocycles. The fraction of sp³-hybridized carbons (Fsp3) is 0.769. The van der Waals surface area contributed by atoms with Crippen LogP contribution in [0, 0.1) is 0 Å². The van der Waals surface area contributed by atoms with Gasteiger partial charge >= 0.3 is 0 Å². The van der Waals surface area contributed by atoms with Crippen LogP contribution in [0.4, 0.5) is 5.82 Å².